The fourth-order valence-corrected chi connectivity index (χ4v) is 2.34. The van der Waals surface area contributed by atoms with E-state index in [1.165, 1.54) is 4.68 Å². The standard InChI is InChI=1S/C13H16BrN5O3/c1-2-19-11(9(14)7-16-19)8-15-13(22)10-3-5-18(17-10)6-4-12(20)21/h3,5,7H,2,4,6,8H2,1H3,(H,15,22)(H,20,21). The van der Waals surface area contributed by atoms with Gasteiger partial charge in [0, 0.05) is 12.7 Å². The van der Waals surface area contributed by atoms with Gasteiger partial charge in [-0.15, -0.1) is 0 Å². The molecule has 0 aliphatic rings. The number of nitrogens with zero attached hydrogens (tertiary/aromatic N) is 4. The van der Waals surface area contributed by atoms with Crippen molar-refractivity contribution < 1.29 is 14.7 Å². The third-order valence-corrected chi connectivity index (χ3v) is 3.70. The molecule has 0 saturated carbocycles. The summed E-state index contributed by atoms with van der Waals surface area (Å²) in [5, 5.41) is 19.6. The molecule has 0 aliphatic carbocycles. The molecule has 9 heteroatoms. The van der Waals surface area contributed by atoms with Gasteiger partial charge < -0.3 is 10.4 Å². The lowest BCUT2D eigenvalue weighted by Gasteiger charge is -2.06. The van der Waals surface area contributed by atoms with Crippen molar-refractivity contribution in [3.8, 4) is 0 Å². The number of amides is 1. The monoisotopic (exact) mass is 369 g/mol. The van der Waals surface area contributed by atoms with E-state index in [1.54, 1.807) is 23.1 Å². The maximum atomic E-state index is 12.1. The molecule has 0 bridgehead atoms. The number of hydrogen-bond donors (Lipinski definition) is 2. The molecule has 0 atom stereocenters. The fourth-order valence-electron chi connectivity index (χ4n) is 1.91. The molecule has 2 aromatic rings. The summed E-state index contributed by atoms with van der Waals surface area (Å²) in [6, 6.07) is 1.56. The molecule has 0 unspecified atom stereocenters. The van der Waals surface area contributed by atoms with Gasteiger partial charge in [0.05, 0.1) is 35.9 Å². The SMILES string of the molecule is CCn1ncc(Br)c1CNC(=O)c1ccn(CCC(=O)O)n1. The first-order valence-electron chi connectivity index (χ1n) is 6.75. The van der Waals surface area contributed by atoms with Gasteiger partial charge in [0.25, 0.3) is 5.91 Å². The summed E-state index contributed by atoms with van der Waals surface area (Å²) < 4.78 is 4.06. The van der Waals surface area contributed by atoms with Crippen LogP contribution in [-0.2, 0) is 24.4 Å². The number of carbonyl (C=O) groups excluding carboxylic acids is 1. The first kappa shape index (κ1) is 16.2. The lowest BCUT2D eigenvalue weighted by molar-refractivity contribution is -0.137. The molecule has 0 saturated heterocycles. The quantitative estimate of drug-likeness (QED) is 0.764. The van der Waals surface area contributed by atoms with E-state index in [9.17, 15) is 9.59 Å². The lowest BCUT2D eigenvalue weighted by Crippen LogP contribution is -2.25. The largest absolute Gasteiger partial charge is 0.481 e. The summed E-state index contributed by atoms with van der Waals surface area (Å²) >= 11 is 3.39. The maximum Gasteiger partial charge on any atom is 0.305 e. The van der Waals surface area contributed by atoms with Crippen LogP contribution in [0.1, 0.15) is 29.5 Å². The number of hydrogen-bond acceptors (Lipinski definition) is 4. The first-order chi connectivity index (χ1) is 10.5. The van der Waals surface area contributed by atoms with Gasteiger partial charge >= 0.3 is 5.97 Å². The Morgan fingerprint density at radius 2 is 2.23 bits per heavy atom. The molecule has 2 N–H and O–H groups in total. The number of halogens is 1. The minimum atomic E-state index is -0.904. The van der Waals surface area contributed by atoms with Crippen LogP contribution in [0.4, 0.5) is 0 Å². The Labute approximate surface area is 135 Å². The van der Waals surface area contributed by atoms with Crippen LogP contribution in [0.5, 0.6) is 0 Å². The van der Waals surface area contributed by atoms with Gasteiger partial charge in [-0.3, -0.25) is 19.0 Å². The van der Waals surface area contributed by atoms with Gasteiger partial charge in [-0.05, 0) is 28.9 Å². The molecule has 0 aromatic carbocycles. The highest BCUT2D eigenvalue weighted by Crippen LogP contribution is 2.15. The minimum Gasteiger partial charge on any atom is -0.481 e. The van der Waals surface area contributed by atoms with Crippen LogP contribution in [-0.4, -0.2) is 36.5 Å². The molecule has 0 aliphatic heterocycles. The van der Waals surface area contributed by atoms with Crippen molar-refractivity contribution in [1.82, 2.24) is 24.9 Å². The van der Waals surface area contributed by atoms with Gasteiger partial charge in [0.1, 0.15) is 5.69 Å². The smallest absolute Gasteiger partial charge is 0.305 e. The van der Waals surface area contributed by atoms with E-state index in [4.69, 9.17) is 5.11 Å². The van der Waals surface area contributed by atoms with E-state index >= 15 is 0 Å². The Morgan fingerprint density at radius 3 is 2.91 bits per heavy atom. The zero-order chi connectivity index (χ0) is 16.1. The average Bonchev–Trinajstić information content (AvgIpc) is 3.09. The van der Waals surface area contributed by atoms with Crippen LogP contribution < -0.4 is 5.32 Å². The van der Waals surface area contributed by atoms with E-state index in [1.807, 2.05) is 6.92 Å². The number of aliphatic carboxylic acids is 1. The highest BCUT2D eigenvalue weighted by atomic mass is 79.9. The van der Waals surface area contributed by atoms with Crippen LogP contribution in [0.3, 0.4) is 0 Å². The lowest BCUT2D eigenvalue weighted by atomic mass is 10.3. The average molecular weight is 370 g/mol. The zero-order valence-electron chi connectivity index (χ0n) is 12.0. The van der Waals surface area contributed by atoms with Crippen LogP contribution in [0, 0.1) is 0 Å². The number of rotatable bonds is 7. The van der Waals surface area contributed by atoms with Gasteiger partial charge in [0.2, 0.25) is 0 Å². The van der Waals surface area contributed by atoms with Gasteiger partial charge in [-0.1, -0.05) is 0 Å². The summed E-state index contributed by atoms with van der Waals surface area (Å²) in [5.41, 5.74) is 1.13. The zero-order valence-corrected chi connectivity index (χ0v) is 13.6. The van der Waals surface area contributed by atoms with Crippen molar-refractivity contribution in [1.29, 1.82) is 0 Å². The summed E-state index contributed by atoms with van der Waals surface area (Å²) in [6.45, 7) is 3.24. The molecule has 2 rings (SSSR count). The maximum absolute atomic E-state index is 12.1. The second-order valence-electron chi connectivity index (χ2n) is 4.55. The molecule has 22 heavy (non-hydrogen) atoms. The topological polar surface area (TPSA) is 102 Å². The first-order valence-corrected chi connectivity index (χ1v) is 7.54. The predicted molar refractivity (Wildman–Crippen MR) is 81.3 cm³/mol. The number of carboxylic acids is 1. The Kier molecular flexibility index (Phi) is 5.31. The number of carbonyl (C=O) groups is 2. The minimum absolute atomic E-state index is 0.0363. The van der Waals surface area contributed by atoms with Crippen molar-refractivity contribution in [2.24, 2.45) is 0 Å². The third kappa shape index (κ3) is 3.94. The number of aromatic nitrogens is 4. The van der Waals surface area contributed by atoms with Gasteiger partial charge in [0.15, 0.2) is 0 Å². The second kappa shape index (κ2) is 7.21. The van der Waals surface area contributed by atoms with E-state index < -0.39 is 5.97 Å². The van der Waals surface area contributed by atoms with Crippen molar-refractivity contribution in [2.75, 3.05) is 0 Å². The molecular formula is C13H16BrN5O3. The molecular weight excluding hydrogens is 354 g/mol. The summed E-state index contributed by atoms with van der Waals surface area (Å²) in [5.74, 6) is -1.22. The summed E-state index contributed by atoms with van der Waals surface area (Å²) in [6.07, 6.45) is 3.24. The van der Waals surface area contributed by atoms with Crippen LogP contribution in [0.25, 0.3) is 0 Å². The summed E-state index contributed by atoms with van der Waals surface area (Å²) in [7, 11) is 0. The van der Waals surface area contributed by atoms with Crippen molar-refractivity contribution in [3.63, 3.8) is 0 Å². The molecule has 2 aromatic heterocycles. The predicted octanol–water partition coefficient (Wildman–Crippen LogP) is 1.27. The van der Waals surface area contributed by atoms with Crippen molar-refractivity contribution >= 4 is 27.8 Å². The van der Waals surface area contributed by atoms with Crippen LogP contribution in [0.2, 0.25) is 0 Å². The molecule has 0 spiro atoms. The highest BCUT2D eigenvalue weighted by Gasteiger charge is 2.13. The van der Waals surface area contributed by atoms with E-state index in [0.29, 0.717) is 13.1 Å². The Hall–Kier alpha value is -2.16. The van der Waals surface area contributed by atoms with Gasteiger partial charge in [-0.25, -0.2) is 0 Å². The number of aryl methyl sites for hydroxylation is 2. The Bertz CT molecular complexity index is 679. The van der Waals surface area contributed by atoms with Crippen molar-refractivity contribution in [3.05, 3.63) is 34.3 Å². The van der Waals surface area contributed by atoms with Gasteiger partial charge in [-0.2, -0.15) is 10.2 Å². The number of carboxylic acid groups (broad SMARTS) is 1. The highest BCUT2D eigenvalue weighted by molar-refractivity contribution is 9.10. The Morgan fingerprint density at radius 1 is 1.45 bits per heavy atom. The van der Waals surface area contributed by atoms with E-state index in [2.05, 4.69) is 31.4 Å². The summed E-state index contributed by atoms with van der Waals surface area (Å²) in [4.78, 5) is 22.6. The fraction of sp³-hybridized carbons (Fsp3) is 0.385. The molecule has 8 nitrogen and oxygen atoms in total. The second-order valence-corrected chi connectivity index (χ2v) is 5.40. The van der Waals surface area contributed by atoms with Crippen LogP contribution in [0.15, 0.2) is 22.9 Å². The molecule has 0 radical (unpaired) electrons. The number of nitrogens with one attached hydrogen (secondary N) is 1. The molecule has 1 amide bonds. The third-order valence-electron chi connectivity index (χ3n) is 3.04. The molecule has 2 heterocycles. The molecule has 118 valence electrons. The normalized spacial score (nSPS) is 10.6. The Balaban J connectivity index is 1.95. The van der Waals surface area contributed by atoms with Crippen molar-refractivity contribution in [2.45, 2.75) is 33.0 Å². The van der Waals surface area contributed by atoms with E-state index in [0.717, 1.165) is 10.2 Å². The molecule has 0 fully saturated rings. The van der Waals surface area contributed by atoms with Crippen LogP contribution >= 0.6 is 15.9 Å². The van der Waals surface area contributed by atoms with E-state index in [-0.39, 0.29) is 24.6 Å².